The van der Waals surface area contributed by atoms with Gasteiger partial charge in [0.05, 0.1) is 6.61 Å². The molecular formula is C6H16BrNO. The average Bonchev–Trinajstić information content (AvgIpc) is 1.81. The third-order valence-electron chi connectivity index (χ3n) is 1.12. The first-order valence-electron chi connectivity index (χ1n) is 3.23. The lowest BCUT2D eigenvalue weighted by Crippen LogP contribution is -1.99. The van der Waals surface area contributed by atoms with Gasteiger partial charge in [-0.3, -0.25) is 0 Å². The molecule has 0 aliphatic heterocycles. The fourth-order valence-electron chi connectivity index (χ4n) is 0.612. The second-order valence-corrected chi connectivity index (χ2v) is 1.93. The summed E-state index contributed by atoms with van der Waals surface area (Å²) < 4.78 is 0. The van der Waals surface area contributed by atoms with Crippen molar-refractivity contribution in [1.82, 2.24) is 0 Å². The van der Waals surface area contributed by atoms with Crippen molar-refractivity contribution >= 4 is 17.0 Å². The molecule has 0 unspecified atom stereocenters. The molecule has 2 nitrogen and oxygen atoms in total. The van der Waals surface area contributed by atoms with Gasteiger partial charge in [0.1, 0.15) is 0 Å². The molecule has 0 aromatic rings. The van der Waals surface area contributed by atoms with E-state index in [1.54, 1.807) is 0 Å². The molecule has 0 amide bonds. The SMILES string of the molecule is Br.CCCCCCON. The van der Waals surface area contributed by atoms with Gasteiger partial charge in [0.2, 0.25) is 0 Å². The summed E-state index contributed by atoms with van der Waals surface area (Å²) in [6.07, 6.45) is 4.91. The Kier molecular flexibility index (Phi) is 15.1. The minimum atomic E-state index is 0. The molecule has 0 aromatic heterocycles. The van der Waals surface area contributed by atoms with Gasteiger partial charge < -0.3 is 4.84 Å². The standard InChI is InChI=1S/C6H15NO.BrH/c1-2-3-4-5-6-8-7;/h2-7H2,1H3;1H. The van der Waals surface area contributed by atoms with Crippen molar-refractivity contribution in [2.75, 3.05) is 6.61 Å². The summed E-state index contributed by atoms with van der Waals surface area (Å²) in [5.74, 6) is 4.81. The molecule has 0 fully saturated rings. The molecule has 9 heavy (non-hydrogen) atoms. The maximum absolute atomic E-state index is 4.81. The second kappa shape index (κ2) is 11.2. The van der Waals surface area contributed by atoms with Crippen molar-refractivity contribution < 1.29 is 4.84 Å². The predicted molar refractivity (Wildman–Crippen MR) is 44.6 cm³/mol. The molecule has 0 rings (SSSR count). The van der Waals surface area contributed by atoms with E-state index in [1.165, 1.54) is 19.3 Å². The van der Waals surface area contributed by atoms with Gasteiger partial charge in [0.15, 0.2) is 0 Å². The molecule has 0 aromatic carbocycles. The van der Waals surface area contributed by atoms with Crippen LogP contribution in [0.4, 0.5) is 0 Å². The third-order valence-corrected chi connectivity index (χ3v) is 1.12. The topological polar surface area (TPSA) is 35.2 Å². The fraction of sp³-hybridized carbons (Fsp3) is 1.00. The molecule has 0 bridgehead atoms. The van der Waals surface area contributed by atoms with E-state index in [1.807, 2.05) is 0 Å². The number of unbranched alkanes of at least 4 members (excludes halogenated alkanes) is 3. The molecule has 2 N–H and O–H groups in total. The van der Waals surface area contributed by atoms with Gasteiger partial charge in [-0.05, 0) is 6.42 Å². The quantitative estimate of drug-likeness (QED) is 0.541. The minimum Gasteiger partial charge on any atom is -0.305 e. The fourth-order valence-corrected chi connectivity index (χ4v) is 0.612. The van der Waals surface area contributed by atoms with E-state index in [0.29, 0.717) is 6.61 Å². The first-order chi connectivity index (χ1) is 3.91. The van der Waals surface area contributed by atoms with Crippen LogP contribution in [0, 0.1) is 0 Å². The van der Waals surface area contributed by atoms with Crippen LogP contribution in [0.1, 0.15) is 32.6 Å². The minimum absolute atomic E-state index is 0. The van der Waals surface area contributed by atoms with Gasteiger partial charge >= 0.3 is 0 Å². The zero-order valence-electron chi connectivity index (χ0n) is 5.93. The third kappa shape index (κ3) is 11.8. The molecule has 0 atom stereocenters. The number of nitrogens with two attached hydrogens (primary N) is 1. The van der Waals surface area contributed by atoms with Crippen LogP contribution >= 0.6 is 17.0 Å². The summed E-state index contributed by atoms with van der Waals surface area (Å²) in [5, 5.41) is 0. The molecule has 0 spiro atoms. The Morgan fingerprint density at radius 2 is 1.89 bits per heavy atom. The van der Waals surface area contributed by atoms with Crippen LogP contribution in [0.5, 0.6) is 0 Å². The lowest BCUT2D eigenvalue weighted by atomic mass is 10.2. The molecular weight excluding hydrogens is 182 g/mol. The van der Waals surface area contributed by atoms with Gasteiger partial charge in [0, 0.05) is 0 Å². The normalized spacial score (nSPS) is 8.67. The van der Waals surface area contributed by atoms with Gasteiger partial charge in [-0.1, -0.05) is 26.2 Å². The maximum atomic E-state index is 4.81. The Labute approximate surface area is 67.5 Å². The van der Waals surface area contributed by atoms with Crippen LogP contribution in [-0.4, -0.2) is 6.61 Å². The Balaban J connectivity index is 0. The van der Waals surface area contributed by atoms with E-state index in [4.69, 9.17) is 5.90 Å². The van der Waals surface area contributed by atoms with Gasteiger partial charge in [-0.2, -0.15) is 0 Å². The summed E-state index contributed by atoms with van der Waals surface area (Å²) >= 11 is 0. The molecule has 0 saturated heterocycles. The molecule has 0 radical (unpaired) electrons. The molecule has 0 aliphatic carbocycles. The van der Waals surface area contributed by atoms with Crippen molar-refractivity contribution in [3.05, 3.63) is 0 Å². The Hall–Kier alpha value is 0.400. The summed E-state index contributed by atoms with van der Waals surface area (Å²) in [5.41, 5.74) is 0. The zero-order chi connectivity index (χ0) is 6.24. The molecule has 0 saturated carbocycles. The van der Waals surface area contributed by atoms with Gasteiger partial charge in [-0.25, -0.2) is 5.90 Å². The monoisotopic (exact) mass is 197 g/mol. The van der Waals surface area contributed by atoms with E-state index in [-0.39, 0.29) is 17.0 Å². The van der Waals surface area contributed by atoms with Crippen LogP contribution < -0.4 is 5.90 Å². The Bertz CT molecular complexity index is 38.0. The van der Waals surface area contributed by atoms with Crippen LogP contribution in [0.15, 0.2) is 0 Å². The van der Waals surface area contributed by atoms with Gasteiger partial charge in [0.25, 0.3) is 0 Å². The number of halogens is 1. The highest BCUT2D eigenvalue weighted by Crippen LogP contribution is 1.97. The highest BCUT2D eigenvalue weighted by Gasteiger charge is 1.83. The Morgan fingerprint density at radius 1 is 1.22 bits per heavy atom. The van der Waals surface area contributed by atoms with Crippen molar-refractivity contribution in [3.8, 4) is 0 Å². The van der Waals surface area contributed by atoms with Crippen molar-refractivity contribution in [2.24, 2.45) is 5.90 Å². The predicted octanol–water partition coefficient (Wildman–Crippen LogP) is 2.03. The first-order valence-corrected chi connectivity index (χ1v) is 3.23. The molecule has 0 aliphatic rings. The van der Waals surface area contributed by atoms with Crippen molar-refractivity contribution in [1.29, 1.82) is 0 Å². The van der Waals surface area contributed by atoms with E-state index in [0.717, 1.165) is 6.42 Å². The van der Waals surface area contributed by atoms with Crippen LogP contribution in [0.3, 0.4) is 0 Å². The Morgan fingerprint density at radius 3 is 2.33 bits per heavy atom. The molecule has 3 heteroatoms. The summed E-state index contributed by atoms with van der Waals surface area (Å²) in [6.45, 7) is 2.89. The second-order valence-electron chi connectivity index (χ2n) is 1.93. The van der Waals surface area contributed by atoms with Crippen molar-refractivity contribution in [2.45, 2.75) is 32.6 Å². The lowest BCUT2D eigenvalue weighted by molar-refractivity contribution is 0.133. The van der Waals surface area contributed by atoms with E-state index in [2.05, 4.69) is 11.8 Å². The smallest absolute Gasteiger partial charge is 0.0679 e. The number of hydrogen-bond acceptors (Lipinski definition) is 2. The van der Waals surface area contributed by atoms with E-state index >= 15 is 0 Å². The average molecular weight is 198 g/mol. The van der Waals surface area contributed by atoms with E-state index < -0.39 is 0 Å². The lowest BCUT2D eigenvalue weighted by Gasteiger charge is -1.94. The number of rotatable bonds is 5. The van der Waals surface area contributed by atoms with Crippen LogP contribution in [-0.2, 0) is 4.84 Å². The molecule has 0 heterocycles. The number of hydrogen-bond donors (Lipinski definition) is 1. The highest BCUT2D eigenvalue weighted by molar-refractivity contribution is 8.93. The molecule has 58 valence electrons. The highest BCUT2D eigenvalue weighted by atomic mass is 79.9. The summed E-state index contributed by atoms with van der Waals surface area (Å²) in [7, 11) is 0. The van der Waals surface area contributed by atoms with E-state index in [9.17, 15) is 0 Å². The van der Waals surface area contributed by atoms with Gasteiger partial charge in [-0.15, -0.1) is 17.0 Å². The first kappa shape index (κ1) is 12.1. The summed E-state index contributed by atoms with van der Waals surface area (Å²) in [6, 6.07) is 0. The largest absolute Gasteiger partial charge is 0.305 e. The zero-order valence-corrected chi connectivity index (χ0v) is 7.64. The van der Waals surface area contributed by atoms with Crippen molar-refractivity contribution in [3.63, 3.8) is 0 Å². The van der Waals surface area contributed by atoms with Crippen LogP contribution in [0.2, 0.25) is 0 Å². The maximum Gasteiger partial charge on any atom is 0.0679 e. The van der Waals surface area contributed by atoms with Crippen LogP contribution in [0.25, 0.3) is 0 Å². The summed E-state index contributed by atoms with van der Waals surface area (Å²) in [4.78, 5) is 4.39.